The van der Waals surface area contributed by atoms with E-state index in [1.54, 1.807) is 0 Å². The van der Waals surface area contributed by atoms with E-state index in [4.69, 9.17) is 10.5 Å². The number of carbonyl (C=O) groups excluding carboxylic acids is 2. The topological polar surface area (TPSA) is 93.4 Å². The molecule has 0 spiro atoms. The average Bonchev–Trinajstić information content (AvgIpc) is 2.22. The average molecular weight is 215 g/mol. The van der Waals surface area contributed by atoms with Crippen LogP contribution in [0.1, 0.15) is 12.8 Å². The van der Waals surface area contributed by atoms with Crippen LogP contribution in [0.25, 0.3) is 0 Å². The first-order chi connectivity index (χ1) is 7.22. The second-order valence-electron chi connectivity index (χ2n) is 3.45. The number of nitrogens with one attached hydrogen (secondary N) is 2. The molecule has 1 unspecified atom stereocenters. The third-order valence-electron chi connectivity index (χ3n) is 2.13. The van der Waals surface area contributed by atoms with Crippen molar-refractivity contribution >= 4 is 11.8 Å². The predicted molar refractivity (Wildman–Crippen MR) is 54.0 cm³/mol. The molecule has 0 bridgehead atoms. The van der Waals surface area contributed by atoms with Crippen molar-refractivity contribution < 1.29 is 14.3 Å². The van der Waals surface area contributed by atoms with Crippen LogP contribution in [-0.4, -0.2) is 44.2 Å². The van der Waals surface area contributed by atoms with Gasteiger partial charge in [-0.25, -0.2) is 0 Å². The van der Waals surface area contributed by atoms with Gasteiger partial charge in [-0.3, -0.25) is 9.59 Å². The number of amides is 2. The van der Waals surface area contributed by atoms with Crippen LogP contribution in [0.3, 0.4) is 0 Å². The van der Waals surface area contributed by atoms with Crippen LogP contribution < -0.4 is 16.4 Å². The number of hydrogen-bond donors (Lipinski definition) is 3. The lowest BCUT2D eigenvalue weighted by atomic mass is 10.1. The van der Waals surface area contributed by atoms with Crippen LogP contribution in [-0.2, 0) is 14.3 Å². The smallest absolute Gasteiger partial charge is 0.246 e. The zero-order chi connectivity index (χ0) is 11.1. The molecule has 1 aliphatic heterocycles. The summed E-state index contributed by atoms with van der Waals surface area (Å²) in [5.74, 6) is -0.121. The Kier molecular flexibility index (Phi) is 5.06. The Morgan fingerprint density at radius 2 is 2.47 bits per heavy atom. The van der Waals surface area contributed by atoms with Crippen molar-refractivity contribution in [3.05, 3.63) is 0 Å². The molecule has 1 rings (SSSR count). The normalized spacial score (nSPS) is 20.9. The molecule has 1 heterocycles. The summed E-state index contributed by atoms with van der Waals surface area (Å²) in [6, 6.07) is 0.0247. The zero-order valence-corrected chi connectivity index (χ0v) is 8.62. The van der Waals surface area contributed by atoms with Gasteiger partial charge in [-0.15, -0.1) is 0 Å². The summed E-state index contributed by atoms with van der Waals surface area (Å²) in [5, 5.41) is 5.47. The molecule has 0 saturated carbocycles. The van der Waals surface area contributed by atoms with E-state index in [1.807, 2.05) is 0 Å². The largest absolute Gasteiger partial charge is 0.370 e. The fourth-order valence-corrected chi connectivity index (χ4v) is 1.37. The van der Waals surface area contributed by atoms with Crippen molar-refractivity contribution in [2.45, 2.75) is 18.9 Å². The molecule has 15 heavy (non-hydrogen) atoms. The summed E-state index contributed by atoms with van der Waals surface area (Å²) in [6.45, 7) is 1.32. The molecule has 1 saturated heterocycles. The van der Waals surface area contributed by atoms with Gasteiger partial charge < -0.3 is 21.1 Å². The Bertz CT molecular complexity index is 223. The SMILES string of the molecule is NCCOCC(=O)NC1CCC(=O)NC1. The molecule has 6 nitrogen and oxygen atoms in total. The molecule has 0 aromatic rings. The van der Waals surface area contributed by atoms with E-state index >= 15 is 0 Å². The lowest BCUT2D eigenvalue weighted by Gasteiger charge is -2.23. The third-order valence-corrected chi connectivity index (χ3v) is 2.13. The molecule has 86 valence electrons. The molecule has 0 aromatic carbocycles. The van der Waals surface area contributed by atoms with E-state index < -0.39 is 0 Å². The van der Waals surface area contributed by atoms with Gasteiger partial charge in [0.2, 0.25) is 11.8 Å². The van der Waals surface area contributed by atoms with Gasteiger partial charge in [0.05, 0.1) is 6.61 Å². The van der Waals surface area contributed by atoms with Gasteiger partial charge in [0, 0.05) is 25.6 Å². The summed E-state index contributed by atoms with van der Waals surface area (Å²) in [5.41, 5.74) is 5.21. The minimum absolute atomic E-state index is 0.0247. The molecule has 4 N–H and O–H groups in total. The summed E-state index contributed by atoms with van der Waals surface area (Å²) in [6.07, 6.45) is 1.16. The monoisotopic (exact) mass is 215 g/mol. The molecule has 0 aliphatic carbocycles. The van der Waals surface area contributed by atoms with Crippen molar-refractivity contribution in [3.8, 4) is 0 Å². The molecule has 1 atom stereocenters. The number of nitrogens with two attached hydrogens (primary N) is 1. The van der Waals surface area contributed by atoms with Crippen LogP contribution in [0.2, 0.25) is 0 Å². The van der Waals surface area contributed by atoms with E-state index in [9.17, 15) is 9.59 Å². The number of piperidine rings is 1. The minimum Gasteiger partial charge on any atom is -0.370 e. The van der Waals surface area contributed by atoms with Gasteiger partial charge in [0.25, 0.3) is 0 Å². The lowest BCUT2D eigenvalue weighted by Crippen LogP contribution is -2.48. The quantitative estimate of drug-likeness (QED) is 0.479. The zero-order valence-electron chi connectivity index (χ0n) is 8.62. The Balaban J connectivity index is 2.12. The fourth-order valence-electron chi connectivity index (χ4n) is 1.37. The van der Waals surface area contributed by atoms with E-state index in [-0.39, 0.29) is 24.5 Å². The van der Waals surface area contributed by atoms with Crippen molar-refractivity contribution in [2.24, 2.45) is 5.73 Å². The van der Waals surface area contributed by atoms with Crippen LogP contribution in [0.15, 0.2) is 0 Å². The maximum atomic E-state index is 11.3. The molecule has 6 heteroatoms. The molecule has 1 fully saturated rings. The van der Waals surface area contributed by atoms with Crippen LogP contribution >= 0.6 is 0 Å². The van der Waals surface area contributed by atoms with Gasteiger partial charge in [-0.1, -0.05) is 0 Å². The minimum atomic E-state index is -0.162. The molecule has 2 amide bonds. The Hall–Kier alpha value is -1.14. The highest BCUT2D eigenvalue weighted by Gasteiger charge is 2.19. The Labute approximate surface area is 88.5 Å². The highest BCUT2D eigenvalue weighted by atomic mass is 16.5. The van der Waals surface area contributed by atoms with Gasteiger partial charge in [0.1, 0.15) is 6.61 Å². The highest BCUT2D eigenvalue weighted by Crippen LogP contribution is 2.02. The summed E-state index contributed by atoms with van der Waals surface area (Å²) < 4.78 is 4.98. The first-order valence-electron chi connectivity index (χ1n) is 5.06. The molecular weight excluding hydrogens is 198 g/mol. The van der Waals surface area contributed by atoms with Crippen LogP contribution in [0.5, 0.6) is 0 Å². The Morgan fingerprint density at radius 3 is 3.07 bits per heavy atom. The van der Waals surface area contributed by atoms with E-state index in [1.165, 1.54) is 0 Å². The molecule has 0 aromatic heterocycles. The van der Waals surface area contributed by atoms with Crippen molar-refractivity contribution in [2.75, 3.05) is 26.3 Å². The first kappa shape index (κ1) is 11.9. The molecule has 0 radical (unpaired) electrons. The maximum Gasteiger partial charge on any atom is 0.246 e. The van der Waals surface area contributed by atoms with Gasteiger partial charge >= 0.3 is 0 Å². The van der Waals surface area contributed by atoms with Crippen molar-refractivity contribution in [1.29, 1.82) is 0 Å². The summed E-state index contributed by atoms with van der Waals surface area (Å²) >= 11 is 0. The van der Waals surface area contributed by atoms with Crippen LogP contribution in [0.4, 0.5) is 0 Å². The predicted octanol–water partition coefficient (Wildman–Crippen LogP) is -1.64. The van der Waals surface area contributed by atoms with Gasteiger partial charge in [-0.05, 0) is 6.42 Å². The number of rotatable bonds is 5. The number of hydrogen-bond acceptors (Lipinski definition) is 4. The molecular formula is C9H17N3O3. The standard InChI is InChI=1S/C9H17N3O3/c10-3-4-15-6-9(14)12-7-1-2-8(13)11-5-7/h7H,1-6,10H2,(H,11,13)(H,12,14). The number of carbonyl (C=O) groups is 2. The van der Waals surface area contributed by atoms with E-state index in [0.717, 1.165) is 0 Å². The highest BCUT2D eigenvalue weighted by molar-refractivity contribution is 5.79. The Morgan fingerprint density at radius 1 is 1.67 bits per heavy atom. The van der Waals surface area contributed by atoms with Crippen molar-refractivity contribution in [3.63, 3.8) is 0 Å². The van der Waals surface area contributed by atoms with Crippen LogP contribution in [0, 0.1) is 0 Å². The van der Waals surface area contributed by atoms with E-state index in [0.29, 0.717) is 32.5 Å². The van der Waals surface area contributed by atoms with Crippen molar-refractivity contribution in [1.82, 2.24) is 10.6 Å². The summed E-state index contributed by atoms with van der Waals surface area (Å²) in [7, 11) is 0. The third kappa shape index (κ3) is 4.75. The fraction of sp³-hybridized carbons (Fsp3) is 0.778. The van der Waals surface area contributed by atoms with Gasteiger partial charge in [-0.2, -0.15) is 0 Å². The second-order valence-corrected chi connectivity index (χ2v) is 3.45. The van der Waals surface area contributed by atoms with E-state index in [2.05, 4.69) is 10.6 Å². The van der Waals surface area contributed by atoms with Gasteiger partial charge in [0.15, 0.2) is 0 Å². The lowest BCUT2D eigenvalue weighted by molar-refractivity contribution is -0.128. The first-order valence-corrected chi connectivity index (χ1v) is 5.06. The maximum absolute atomic E-state index is 11.3. The second kappa shape index (κ2) is 6.36. The molecule has 1 aliphatic rings. The summed E-state index contributed by atoms with van der Waals surface area (Å²) in [4.78, 5) is 22.1. The number of ether oxygens (including phenoxy) is 1.